The molecule has 1 heterocycles. The molecule has 0 aromatic carbocycles. The Morgan fingerprint density at radius 2 is 2.27 bits per heavy atom. The fourth-order valence-electron chi connectivity index (χ4n) is 2.79. The quantitative estimate of drug-likeness (QED) is 0.773. The Kier molecular flexibility index (Phi) is 3.01. The number of likely N-dealkylation sites (tertiary alicyclic amines) is 1. The molecule has 1 saturated heterocycles. The van der Waals surface area contributed by atoms with Crippen LogP contribution >= 0.6 is 0 Å². The molecule has 1 aliphatic heterocycles. The molecular formula is C12H21NO2. The van der Waals surface area contributed by atoms with E-state index >= 15 is 0 Å². The maximum atomic E-state index is 10.7. The number of carboxylic acids is 1. The molecule has 3 nitrogen and oxygen atoms in total. The number of nitrogens with zero attached hydrogens (tertiary/aromatic N) is 1. The number of carbonyl (C=O) groups is 1. The molecule has 0 amide bonds. The van der Waals surface area contributed by atoms with E-state index in [1.54, 1.807) is 0 Å². The first kappa shape index (κ1) is 10.9. The van der Waals surface area contributed by atoms with Crippen molar-refractivity contribution >= 4 is 5.97 Å². The van der Waals surface area contributed by atoms with E-state index in [4.69, 9.17) is 5.11 Å². The zero-order valence-electron chi connectivity index (χ0n) is 9.54. The molecule has 0 radical (unpaired) electrons. The van der Waals surface area contributed by atoms with Gasteiger partial charge in [0.15, 0.2) is 0 Å². The fourth-order valence-corrected chi connectivity index (χ4v) is 2.79. The van der Waals surface area contributed by atoms with Crippen molar-refractivity contribution in [3.63, 3.8) is 0 Å². The second kappa shape index (κ2) is 4.12. The van der Waals surface area contributed by atoms with Gasteiger partial charge in [-0.2, -0.15) is 0 Å². The van der Waals surface area contributed by atoms with Crippen molar-refractivity contribution in [1.29, 1.82) is 0 Å². The minimum absolute atomic E-state index is 0.142. The molecule has 1 N–H and O–H groups in total. The average Bonchev–Trinajstić information content (AvgIpc) is 2.83. The predicted octanol–water partition coefficient (Wildman–Crippen LogP) is 1.97. The highest BCUT2D eigenvalue weighted by atomic mass is 16.4. The van der Waals surface area contributed by atoms with Crippen LogP contribution in [-0.4, -0.2) is 35.6 Å². The standard InChI is InChI=1S/C12H21NO2/c1-10-3-2-6-13(8-10)9-12(4-5-12)7-11(14)15/h10H,2-9H2,1H3,(H,14,15). The van der Waals surface area contributed by atoms with Crippen LogP contribution in [0.4, 0.5) is 0 Å². The van der Waals surface area contributed by atoms with Crippen molar-refractivity contribution in [3.8, 4) is 0 Å². The van der Waals surface area contributed by atoms with Crippen LogP contribution in [-0.2, 0) is 4.79 Å². The van der Waals surface area contributed by atoms with Gasteiger partial charge in [-0.3, -0.25) is 4.79 Å². The van der Waals surface area contributed by atoms with E-state index in [0.717, 1.165) is 25.3 Å². The number of piperidine rings is 1. The summed E-state index contributed by atoms with van der Waals surface area (Å²) >= 11 is 0. The Labute approximate surface area is 91.5 Å². The molecule has 0 bridgehead atoms. The number of hydrogen-bond donors (Lipinski definition) is 1. The van der Waals surface area contributed by atoms with Crippen LogP contribution < -0.4 is 0 Å². The van der Waals surface area contributed by atoms with Crippen molar-refractivity contribution in [3.05, 3.63) is 0 Å². The lowest BCUT2D eigenvalue weighted by Gasteiger charge is -2.33. The summed E-state index contributed by atoms with van der Waals surface area (Å²) in [5.41, 5.74) is 0.142. The van der Waals surface area contributed by atoms with Crippen LogP contribution in [0.1, 0.15) is 39.0 Å². The molecule has 1 atom stereocenters. The topological polar surface area (TPSA) is 40.5 Å². The summed E-state index contributed by atoms with van der Waals surface area (Å²) in [5, 5.41) is 8.85. The van der Waals surface area contributed by atoms with E-state index < -0.39 is 5.97 Å². The van der Waals surface area contributed by atoms with E-state index in [1.165, 1.54) is 25.9 Å². The first-order valence-corrected chi connectivity index (χ1v) is 6.04. The zero-order chi connectivity index (χ0) is 10.9. The maximum Gasteiger partial charge on any atom is 0.303 e. The van der Waals surface area contributed by atoms with Crippen molar-refractivity contribution in [2.24, 2.45) is 11.3 Å². The van der Waals surface area contributed by atoms with Crippen molar-refractivity contribution < 1.29 is 9.90 Å². The van der Waals surface area contributed by atoms with Crippen LogP contribution in [0.2, 0.25) is 0 Å². The molecule has 1 saturated carbocycles. The lowest BCUT2D eigenvalue weighted by Crippen LogP contribution is -2.38. The van der Waals surface area contributed by atoms with Gasteiger partial charge in [0.05, 0.1) is 6.42 Å². The number of hydrogen-bond acceptors (Lipinski definition) is 2. The molecule has 0 spiro atoms. The average molecular weight is 211 g/mol. The van der Waals surface area contributed by atoms with Gasteiger partial charge in [0.25, 0.3) is 0 Å². The molecule has 3 heteroatoms. The van der Waals surface area contributed by atoms with Crippen LogP contribution in [0.5, 0.6) is 0 Å². The molecule has 1 unspecified atom stereocenters. The van der Waals surface area contributed by atoms with Gasteiger partial charge in [-0.05, 0) is 43.6 Å². The van der Waals surface area contributed by atoms with Crippen molar-refractivity contribution in [2.45, 2.75) is 39.0 Å². The van der Waals surface area contributed by atoms with Crippen LogP contribution in [0.15, 0.2) is 0 Å². The molecule has 2 aliphatic rings. The molecule has 2 fully saturated rings. The summed E-state index contributed by atoms with van der Waals surface area (Å²) in [4.78, 5) is 13.2. The number of rotatable bonds is 4. The monoisotopic (exact) mass is 211 g/mol. The van der Waals surface area contributed by atoms with E-state index in [-0.39, 0.29) is 5.41 Å². The summed E-state index contributed by atoms with van der Waals surface area (Å²) in [7, 11) is 0. The third-order valence-electron chi connectivity index (χ3n) is 3.78. The largest absolute Gasteiger partial charge is 0.481 e. The van der Waals surface area contributed by atoms with Gasteiger partial charge in [0.1, 0.15) is 0 Å². The highest BCUT2D eigenvalue weighted by Gasteiger charge is 2.45. The van der Waals surface area contributed by atoms with Crippen molar-refractivity contribution in [1.82, 2.24) is 4.90 Å². The van der Waals surface area contributed by atoms with E-state index in [0.29, 0.717) is 6.42 Å². The Morgan fingerprint density at radius 3 is 2.80 bits per heavy atom. The van der Waals surface area contributed by atoms with Crippen molar-refractivity contribution in [2.75, 3.05) is 19.6 Å². The Hall–Kier alpha value is -0.570. The summed E-state index contributed by atoms with van der Waals surface area (Å²) in [6.07, 6.45) is 5.22. The Bertz CT molecular complexity index is 248. The van der Waals surface area contributed by atoms with Crippen LogP contribution in [0.3, 0.4) is 0 Å². The highest BCUT2D eigenvalue weighted by molar-refractivity contribution is 5.68. The zero-order valence-corrected chi connectivity index (χ0v) is 9.54. The molecule has 0 aromatic rings. The fraction of sp³-hybridized carbons (Fsp3) is 0.917. The second-order valence-corrected chi connectivity index (χ2v) is 5.55. The van der Waals surface area contributed by atoms with Gasteiger partial charge in [-0.15, -0.1) is 0 Å². The first-order valence-electron chi connectivity index (χ1n) is 6.04. The maximum absolute atomic E-state index is 10.7. The summed E-state index contributed by atoms with van der Waals surface area (Å²) < 4.78 is 0. The molecule has 1 aliphatic carbocycles. The molecule has 0 aromatic heterocycles. The predicted molar refractivity (Wildman–Crippen MR) is 58.8 cm³/mol. The second-order valence-electron chi connectivity index (χ2n) is 5.55. The molecule has 2 rings (SSSR count). The third-order valence-corrected chi connectivity index (χ3v) is 3.78. The number of aliphatic carboxylic acids is 1. The Morgan fingerprint density at radius 1 is 1.53 bits per heavy atom. The SMILES string of the molecule is CC1CCCN(CC2(CC(=O)O)CC2)C1. The minimum Gasteiger partial charge on any atom is -0.481 e. The van der Waals surface area contributed by atoms with Crippen LogP contribution in [0.25, 0.3) is 0 Å². The molecular weight excluding hydrogens is 190 g/mol. The van der Waals surface area contributed by atoms with Gasteiger partial charge in [0.2, 0.25) is 0 Å². The highest BCUT2D eigenvalue weighted by Crippen LogP contribution is 2.49. The lowest BCUT2D eigenvalue weighted by atomic mass is 9.96. The lowest BCUT2D eigenvalue weighted by molar-refractivity contribution is -0.138. The van der Waals surface area contributed by atoms with Gasteiger partial charge in [0, 0.05) is 13.1 Å². The van der Waals surface area contributed by atoms with E-state index in [1.807, 2.05) is 0 Å². The third kappa shape index (κ3) is 2.94. The van der Waals surface area contributed by atoms with Gasteiger partial charge in [-0.25, -0.2) is 0 Å². The summed E-state index contributed by atoms with van der Waals surface area (Å²) in [6.45, 7) is 5.65. The van der Waals surface area contributed by atoms with Gasteiger partial charge in [-0.1, -0.05) is 6.92 Å². The minimum atomic E-state index is -0.627. The molecule has 86 valence electrons. The first-order chi connectivity index (χ1) is 7.10. The van der Waals surface area contributed by atoms with Crippen LogP contribution in [0, 0.1) is 11.3 Å². The summed E-state index contributed by atoms with van der Waals surface area (Å²) in [6, 6.07) is 0. The summed E-state index contributed by atoms with van der Waals surface area (Å²) in [5.74, 6) is 0.164. The van der Waals surface area contributed by atoms with Gasteiger partial charge >= 0.3 is 5.97 Å². The normalized spacial score (nSPS) is 30.1. The van der Waals surface area contributed by atoms with Gasteiger partial charge < -0.3 is 10.0 Å². The smallest absolute Gasteiger partial charge is 0.303 e. The van der Waals surface area contributed by atoms with E-state index in [9.17, 15) is 4.79 Å². The number of carboxylic acid groups (broad SMARTS) is 1. The van der Waals surface area contributed by atoms with E-state index in [2.05, 4.69) is 11.8 Å². The Balaban J connectivity index is 1.83. The molecule has 15 heavy (non-hydrogen) atoms.